The summed E-state index contributed by atoms with van der Waals surface area (Å²) >= 11 is 9.58. The summed E-state index contributed by atoms with van der Waals surface area (Å²) in [5.74, 6) is -8.78. The lowest BCUT2D eigenvalue weighted by Gasteiger charge is -2.32. The van der Waals surface area contributed by atoms with Crippen LogP contribution in [0.25, 0.3) is 0 Å². The second-order valence-corrected chi connectivity index (χ2v) is 21.5. The number of carbonyl (C=O) groups excluding carboxylic acids is 10. The quantitative estimate of drug-likeness (QED) is 0.0133. The number of primary amides is 1. The molecule has 2 aliphatic heterocycles. The summed E-state index contributed by atoms with van der Waals surface area (Å²) in [6.45, 7) is 8.94. The SMILES string of the molecule is CSCC[C@H](NC(=O)[C@@H]1CCCN1C(=O)[C@H](CCC(N)=O)NC(=O)[C@H](CC(C)C)NC(=O)[C@H](CS)NC(=O)[C@H](C)N)C(=O)N1CCC[C@H]1C(=O)N[C@@H](CCCN=C(N)N)C(=O)N[C@@H](CC(C)C)C(=O)N[C@@H](CS)C(=O)O. The van der Waals surface area contributed by atoms with Crippen LogP contribution in [0.2, 0.25) is 0 Å². The molecular formula is C47H82N14O12S3. The molecule has 2 rings (SSSR count). The van der Waals surface area contributed by atoms with Crippen molar-refractivity contribution in [3.8, 4) is 0 Å². The topological polar surface area (TPSA) is 415 Å². The molecule has 0 radical (unpaired) electrons. The zero-order valence-electron chi connectivity index (χ0n) is 44.3. The molecule has 76 heavy (non-hydrogen) atoms. The van der Waals surface area contributed by atoms with E-state index in [2.05, 4.69) is 67.5 Å². The standard InChI is InChI=1S/C47H82N14O12S3/c1-24(2)20-30(57-41(67)32(22-74)58-37(63)26(5)48)39(65)54-28(13-14-36(49)62)44(70)60-17-9-12-35(60)43(69)55-29(15-19-76-6)45(71)61-18-8-11-34(61)42(68)53-27(10-7-16-52-47(50)51)38(64)56-31(21-25(3)4)40(66)59-33(23-75)46(72)73/h24-35,74-75H,7-23,48H2,1-6H3,(H2,49,62)(H,53,68)(H,54,65)(H,55,69)(H,56,64)(H,57,67)(H,58,63)(H,59,66)(H,72,73)(H4,50,51,52)/t26-,27-,28-,29-,30-,31-,32-,33-,34-,35-/m0/s1. The normalized spacial score (nSPS) is 18.4. The third kappa shape index (κ3) is 22.2. The summed E-state index contributed by atoms with van der Waals surface area (Å²) in [5.41, 5.74) is 22.1. The highest BCUT2D eigenvalue weighted by Gasteiger charge is 2.43. The molecule has 10 amide bonds. The second-order valence-electron chi connectivity index (χ2n) is 19.8. The van der Waals surface area contributed by atoms with E-state index in [0.29, 0.717) is 18.6 Å². The van der Waals surface area contributed by atoms with Gasteiger partial charge in [0.2, 0.25) is 59.1 Å². The summed E-state index contributed by atoms with van der Waals surface area (Å²) < 4.78 is 0. The first-order valence-corrected chi connectivity index (χ1v) is 28.2. The fraction of sp³-hybridized carbons (Fsp3) is 0.745. The molecule has 16 N–H and O–H groups in total. The minimum absolute atomic E-state index is 0.00259. The van der Waals surface area contributed by atoms with Crippen LogP contribution in [0.4, 0.5) is 0 Å². The Hall–Kier alpha value is -5.55. The predicted octanol–water partition coefficient (Wildman–Crippen LogP) is -3.18. The number of thiol groups is 2. The van der Waals surface area contributed by atoms with Gasteiger partial charge >= 0.3 is 5.97 Å². The number of guanidine groups is 1. The van der Waals surface area contributed by atoms with Crippen molar-refractivity contribution in [2.45, 2.75) is 166 Å². The number of rotatable bonds is 33. The van der Waals surface area contributed by atoms with Crippen LogP contribution in [-0.2, 0) is 52.7 Å². The number of aliphatic carboxylic acids is 1. The maximum atomic E-state index is 14.5. The van der Waals surface area contributed by atoms with Crippen LogP contribution in [0, 0.1) is 11.8 Å². The molecule has 0 aliphatic carbocycles. The van der Waals surface area contributed by atoms with Crippen LogP contribution < -0.4 is 60.2 Å². The molecule has 2 fully saturated rings. The molecule has 0 spiro atoms. The van der Waals surface area contributed by atoms with Gasteiger partial charge in [0.25, 0.3) is 0 Å². The summed E-state index contributed by atoms with van der Waals surface area (Å²) in [6, 6.07) is -11.8. The lowest BCUT2D eigenvalue weighted by atomic mass is 10.0. The van der Waals surface area contributed by atoms with Crippen molar-refractivity contribution >= 4 is 108 Å². The van der Waals surface area contributed by atoms with E-state index >= 15 is 0 Å². The summed E-state index contributed by atoms with van der Waals surface area (Å²) in [4.78, 5) is 154. The number of hydrogen-bond donors (Lipinski definition) is 14. The van der Waals surface area contributed by atoms with Gasteiger partial charge in [-0.05, 0) is 95.0 Å². The Labute approximate surface area is 459 Å². The summed E-state index contributed by atoms with van der Waals surface area (Å²) in [6.07, 6.45) is 2.94. The molecule has 26 nitrogen and oxygen atoms in total. The predicted molar refractivity (Wildman–Crippen MR) is 292 cm³/mol. The highest BCUT2D eigenvalue weighted by atomic mass is 32.2. The number of nitrogens with two attached hydrogens (primary N) is 4. The largest absolute Gasteiger partial charge is 0.480 e. The third-order valence-electron chi connectivity index (χ3n) is 12.5. The first-order chi connectivity index (χ1) is 35.8. The first kappa shape index (κ1) is 66.6. The van der Waals surface area contributed by atoms with Crippen molar-refractivity contribution in [2.24, 2.45) is 39.8 Å². The molecule has 10 atom stereocenters. The number of nitrogens with one attached hydrogen (secondary N) is 7. The lowest BCUT2D eigenvalue weighted by molar-refractivity contribution is -0.145. The van der Waals surface area contributed by atoms with E-state index < -0.39 is 125 Å². The molecule has 2 aliphatic rings. The van der Waals surface area contributed by atoms with Gasteiger partial charge < -0.3 is 75.1 Å². The number of nitrogens with zero attached hydrogens (tertiary/aromatic N) is 3. The highest BCUT2D eigenvalue weighted by molar-refractivity contribution is 7.98. The second kappa shape index (κ2) is 33.6. The van der Waals surface area contributed by atoms with Gasteiger partial charge in [-0.1, -0.05) is 27.7 Å². The van der Waals surface area contributed by atoms with E-state index in [-0.39, 0.29) is 107 Å². The highest BCUT2D eigenvalue weighted by Crippen LogP contribution is 2.24. The van der Waals surface area contributed by atoms with Gasteiger partial charge in [0.05, 0.1) is 6.04 Å². The summed E-state index contributed by atoms with van der Waals surface area (Å²) in [5, 5.41) is 27.9. The number of carboxylic acids is 1. The summed E-state index contributed by atoms with van der Waals surface area (Å²) in [7, 11) is 0. The van der Waals surface area contributed by atoms with Crippen LogP contribution in [0.1, 0.15) is 105 Å². The Balaban J connectivity index is 2.39. The molecule has 0 aromatic heterocycles. The maximum Gasteiger partial charge on any atom is 0.327 e. The molecule has 430 valence electrons. The van der Waals surface area contributed by atoms with Gasteiger partial charge in [0.15, 0.2) is 5.96 Å². The fourth-order valence-electron chi connectivity index (χ4n) is 8.53. The fourth-order valence-corrected chi connectivity index (χ4v) is 9.51. The van der Waals surface area contributed by atoms with E-state index in [1.54, 1.807) is 27.7 Å². The Morgan fingerprint density at radius 3 is 1.43 bits per heavy atom. The lowest BCUT2D eigenvalue weighted by Crippen LogP contribution is -2.60. The van der Waals surface area contributed by atoms with E-state index in [4.69, 9.17) is 22.9 Å². The monoisotopic (exact) mass is 1130 g/mol. The average Bonchev–Trinajstić information content (AvgIpc) is 4.06. The molecule has 29 heteroatoms. The number of amides is 10. The zero-order chi connectivity index (χ0) is 57.4. The van der Waals surface area contributed by atoms with E-state index in [0.717, 1.165) is 0 Å². The Bertz CT molecular complexity index is 2070. The molecule has 0 aromatic carbocycles. The Morgan fingerprint density at radius 2 is 1.01 bits per heavy atom. The molecule has 2 heterocycles. The van der Waals surface area contributed by atoms with Gasteiger partial charge in [0, 0.05) is 37.6 Å². The molecule has 0 unspecified atom stereocenters. The average molecular weight is 1130 g/mol. The zero-order valence-corrected chi connectivity index (χ0v) is 46.9. The van der Waals surface area contributed by atoms with Crippen molar-refractivity contribution in [3.63, 3.8) is 0 Å². The van der Waals surface area contributed by atoms with Crippen molar-refractivity contribution in [2.75, 3.05) is 43.1 Å². The van der Waals surface area contributed by atoms with Crippen molar-refractivity contribution in [3.05, 3.63) is 0 Å². The molecular weight excluding hydrogens is 1050 g/mol. The van der Waals surface area contributed by atoms with E-state index in [1.165, 1.54) is 28.5 Å². The smallest absolute Gasteiger partial charge is 0.327 e. The molecule has 0 aromatic rings. The van der Waals surface area contributed by atoms with Crippen molar-refractivity contribution in [1.29, 1.82) is 0 Å². The number of carbonyl (C=O) groups is 11. The van der Waals surface area contributed by atoms with Gasteiger partial charge in [0.1, 0.15) is 54.4 Å². The molecule has 2 saturated heterocycles. The maximum absolute atomic E-state index is 14.5. The van der Waals surface area contributed by atoms with Gasteiger partial charge in [-0.3, -0.25) is 52.9 Å². The third-order valence-corrected chi connectivity index (χ3v) is 13.9. The van der Waals surface area contributed by atoms with E-state index in [9.17, 15) is 57.8 Å². The van der Waals surface area contributed by atoms with E-state index in [1.807, 2.05) is 6.26 Å². The van der Waals surface area contributed by atoms with Gasteiger partial charge in [-0.2, -0.15) is 37.0 Å². The number of carboxylic acid groups (broad SMARTS) is 1. The number of aliphatic imine (C=N–C) groups is 1. The minimum atomic E-state index is -1.38. The van der Waals surface area contributed by atoms with Crippen LogP contribution in [0.15, 0.2) is 4.99 Å². The number of likely N-dealkylation sites (tertiary alicyclic amines) is 2. The molecule has 0 saturated carbocycles. The van der Waals surface area contributed by atoms with Crippen molar-refractivity contribution in [1.82, 2.24) is 47.0 Å². The van der Waals surface area contributed by atoms with Crippen LogP contribution in [-0.4, -0.2) is 189 Å². The van der Waals surface area contributed by atoms with Crippen LogP contribution in [0.5, 0.6) is 0 Å². The number of hydrogen-bond acceptors (Lipinski definition) is 16. The molecule has 0 bridgehead atoms. The van der Waals surface area contributed by atoms with Crippen LogP contribution >= 0.6 is 37.0 Å². The first-order valence-electron chi connectivity index (χ1n) is 25.5. The Morgan fingerprint density at radius 1 is 0.592 bits per heavy atom. The van der Waals surface area contributed by atoms with Crippen LogP contribution in [0.3, 0.4) is 0 Å². The Kier molecular flexibility index (Phi) is 29.4. The van der Waals surface area contributed by atoms with Crippen molar-refractivity contribution < 1.29 is 57.8 Å². The number of thioether (sulfide) groups is 1. The van der Waals surface area contributed by atoms with Gasteiger partial charge in [-0.15, -0.1) is 0 Å². The minimum Gasteiger partial charge on any atom is -0.480 e. The van der Waals surface area contributed by atoms with Gasteiger partial charge in [-0.25, -0.2) is 4.79 Å².